The van der Waals surface area contributed by atoms with E-state index < -0.39 is 15.6 Å². The topological polar surface area (TPSA) is 86.9 Å². The lowest BCUT2D eigenvalue weighted by atomic mass is 9.82. The van der Waals surface area contributed by atoms with Gasteiger partial charge in [0, 0.05) is 23.3 Å². The molecule has 0 radical (unpaired) electrons. The van der Waals surface area contributed by atoms with E-state index in [-0.39, 0.29) is 10.4 Å². The van der Waals surface area contributed by atoms with Crippen LogP contribution in [0.5, 0.6) is 0 Å². The second-order valence-electron chi connectivity index (χ2n) is 7.39. The van der Waals surface area contributed by atoms with E-state index in [1.165, 1.54) is 0 Å². The zero-order valence-corrected chi connectivity index (χ0v) is 14.9. The second-order valence-corrected chi connectivity index (χ2v) is 8.99. The van der Waals surface area contributed by atoms with Crippen LogP contribution < -0.4 is 10.0 Å². The predicted octanol–water partition coefficient (Wildman–Crippen LogP) is 1.93. The van der Waals surface area contributed by atoms with Gasteiger partial charge in [-0.05, 0) is 39.7 Å². The third kappa shape index (κ3) is 5.09. The molecule has 0 saturated heterocycles. The number of aromatic nitrogens is 2. The van der Waals surface area contributed by atoms with Gasteiger partial charge in [-0.25, -0.2) is 13.1 Å². The molecule has 0 fully saturated rings. The van der Waals surface area contributed by atoms with E-state index in [1.54, 1.807) is 7.05 Å². The van der Waals surface area contributed by atoms with Crippen LogP contribution in [-0.4, -0.2) is 31.2 Å². The number of aromatic amines is 1. The van der Waals surface area contributed by atoms with Crippen molar-refractivity contribution in [2.45, 2.75) is 65.1 Å². The van der Waals surface area contributed by atoms with Gasteiger partial charge in [-0.2, -0.15) is 5.10 Å². The van der Waals surface area contributed by atoms with Gasteiger partial charge in [0.05, 0.1) is 0 Å². The molecule has 0 saturated carbocycles. The summed E-state index contributed by atoms with van der Waals surface area (Å²) in [5.41, 5.74) is 0.928. The predicted molar refractivity (Wildman–Crippen MR) is 84.6 cm³/mol. The van der Waals surface area contributed by atoms with Crippen LogP contribution in [-0.2, 0) is 16.6 Å². The van der Waals surface area contributed by atoms with E-state index in [1.807, 2.05) is 20.8 Å². The minimum Gasteiger partial charge on any atom is -0.316 e. The zero-order valence-electron chi connectivity index (χ0n) is 14.1. The van der Waals surface area contributed by atoms with E-state index in [2.05, 4.69) is 41.0 Å². The van der Waals surface area contributed by atoms with Crippen LogP contribution in [0.4, 0.5) is 0 Å². The van der Waals surface area contributed by atoms with Crippen molar-refractivity contribution in [3.8, 4) is 0 Å². The van der Waals surface area contributed by atoms with E-state index in [0.29, 0.717) is 12.1 Å². The smallest absolute Gasteiger partial charge is 0.260 e. The number of aryl methyl sites for hydroxylation is 1. The molecule has 1 heterocycles. The van der Waals surface area contributed by atoms with Gasteiger partial charge in [0.25, 0.3) is 10.0 Å². The summed E-state index contributed by atoms with van der Waals surface area (Å²) in [4.78, 5) is 0. The summed E-state index contributed by atoms with van der Waals surface area (Å²) in [5.74, 6) is 0. The number of nitrogens with zero attached hydrogens (tertiary/aromatic N) is 1. The molecule has 6 nitrogen and oxygen atoms in total. The SMILES string of the molecule is CNCc1c(S(=O)(=O)NC(C)(C)CC(C)(C)C)n[nH]c1C. The monoisotopic (exact) mass is 316 g/mol. The highest BCUT2D eigenvalue weighted by molar-refractivity contribution is 7.89. The highest BCUT2D eigenvalue weighted by atomic mass is 32.2. The van der Waals surface area contributed by atoms with Gasteiger partial charge >= 0.3 is 0 Å². The fourth-order valence-electron chi connectivity index (χ4n) is 2.81. The molecule has 0 amide bonds. The maximum absolute atomic E-state index is 12.6. The number of rotatable bonds is 6. The first-order valence-electron chi connectivity index (χ1n) is 7.10. The molecule has 7 heteroatoms. The molecule has 3 N–H and O–H groups in total. The summed E-state index contributed by atoms with van der Waals surface area (Å²) in [5, 5.41) is 9.78. The van der Waals surface area contributed by atoms with Crippen molar-refractivity contribution in [3.05, 3.63) is 11.3 Å². The molecule has 0 aliphatic heterocycles. The molecule has 21 heavy (non-hydrogen) atoms. The van der Waals surface area contributed by atoms with Crippen LogP contribution in [0, 0.1) is 12.3 Å². The molecule has 0 spiro atoms. The normalized spacial score (nSPS) is 13.7. The standard InChI is InChI=1S/C14H28N4O2S/c1-10-11(8-15-7)12(17-16-10)21(19,20)18-14(5,6)9-13(2,3)4/h15,18H,8-9H2,1-7H3,(H,16,17). The minimum absolute atomic E-state index is 0.0291. The number of hydrogen-bond acceptors (Lipinski definition) is 4. The van der Waals surface area contributed by atoms with Gasteiger partial charge in [0.15, 0.2) is 5.03 Å². The number of hydrogen-bond donors (Lipinski definition) is 3. The van der Waals surface area contributed by atoms with Gasteiger partial charge < -0.3 is 5.32 Å². The van der Waals surface area contributed by atoms with E-state index in [4.69, 9.17) is 0 Å². The van der Waals surface area contributed by atoms with Crippen LogP contribution in [0.25, 0.3) is 0 Å². The Kier molecular flexibility index (Phi) is 5.23. The number of H-pyrrole nitrogens is 1. The Morgan fingerprint density at radius 1 is 1.19 bits per heavy atom. The fourth-order valence-corrected chi connectivity index (χ4v) is 4.42. The van der Waals surface area contributed by atoms with Crippen molar-refractivity contribution in [1.29, 1.82) is 0 Å². The first-order valence-corrected chi connectivity index (χ1v) is 8.59. The highest BCUT2D eigenvalue weighted by Gasteiger charge is 2.33. The molecule has 122 valence electrons. The van der Waals surface area contributed by atoms with Gasteiger partial charge in [-0.1, -0.05) is 20.8 Å². The molecule has 0 aliphatic rings. The average molecular weight is 316 g/mol. The molecule has 0 unspecified atom stereocenters. The Morgan fingerprint density at radius 3 is 2.24 bits per heavy atom. The summed E-state index contributed by atoms with van der Waals surface area (Å²) in [6.45, 7) is 12.3. The third-order valence-electron chi connectivity index (χ3n) is 3.03. The van der Waals surface area contributed by atoms with Crippen molar-refractivity contribution >= 4 is 10.0 Å². The molecular weight excluding hydrogens is 288 g/mol. The summed E-state index contributed by atoms with van der Waals surface area (Å²) >= 11 is 0. The van der Waals surface area contributed by atoms with Crippen molar-refractivity contribution in [3.63, 3.8) is 0 Å². The Hall–Kier alpha value is -0.920. The lowest BCUT2D eigenvalue weighted by Crippen LogP contribution is -2.46. The Bertz CT molecular complexity index is 583. The second kappa shape index (κ2) is 6.06. The van der Waals surface area contributed by atoms with Crippen LogP contribution in [0.2, 0.25) is 0 Å². The molecule has 1 rings (SSSR count). The average Bonchev–Trinajstić information content (AvgIpc) is 2.56. The van der Waals surface area contributed by atoms with Crippen molar-refractivity contribution in [2.24, 2.45) is 5.41 Å². The molecular formula is C14H28N4O2S. The third-order valence-corrected chi connectivity index (χ3v) is 4.70. The van der Waals surface area contributed by atoms with Gasteiger partial charge in [-0.3, -0.25) is 5.10 Å². The quantitative estimate of drug-likeness (QED) is 0.748. The van der Waals surface area contributed by atoms with Crippen LogP contribution >= 0.6 is 0 Å². The minimum atomic E-state index is -3.65. The zero-order chi connectivity index (χ0) is 16.5. The van der Waals surface area contributed by atoms with Crippen molar-refractivity contribution < 1.29 is 8.42 Å². The van der Waals surface area contributed by atoms with Crippen molar-refractivity contribution in [2.75, 3.05) is 7.05 Å². The van der Waals surface area contributed by atoms with Gasteiger partial charge in [0.1, 0.15) is 0 Å². The first-order chi connectivity index (χ1) is 9.38. The molecule has 0 atom stereocenters. The van der Waals surface area contributed by atoms with Crippen molar-refractivity contribution in [1.82, 2.24) is 20.2 Å². The molecule has 1 aromatic heterocycles. The van der Waals surface area contributed by atoms with E-state index >= 15 is 0 Å². The van der Waals surface area contributed by atoms with Gasteiger partial charge in [-0.15, -0.1) is 0 Å². The maximum Gasteiger partial charge on any atom is 0.260 e. The molecule has 0 aliphatic carbocycles. The fraction of sp³-hybridized carbons (Fsp3) is 0.786. The summed E-state index contributed by atoms with van der Waals surface area (Å²) < 4.78 is 28.0. The highest BCUT2D eigenvalue weighted by Crippen LogP contribution is 2.28. The first kappa shape index (κ1) is 18.1. The lowest BCUT2D eigenvalue weighted by Gasteiger charge is -2.32. The number of nitrogens with one attached hydrogen (secondary N) is 3. The van der Waals surface area contributed by atoms with Crippen LogP contribution in [0.1, 0.15) is 52.3 Å². The Labute approximate surface area is 128 Å². The van der Waals surface area contributed by atoms with E-state index in [9.17, 15) is 8.42 Å². The number of sulfonamides is 1. The van der Waals surface area contributed by atoms with Crippen LogP contribution in [0.15, 0.2) is 5.03 Å². The lowest BCUT2D eigenvalue weighted by molar-refractivity contribution is 0.269. The largest absolute Gasteiger partial charge is 0.316 e. The Balaban J connectivity index is 3.07. The summed E-state index contributed by atoms with van der Waals surface area (Å²) in [7, 11) is -1.88. The summed E-state index contributed by atoms with van der Waals surface area (Å²) in [6.07, 6.45) is 0.726. The van der Waals surface area contributed by atoms with Gasteiger partial charge in [0.2, 0.25) is 0 Å². The maximum atomic E-state index is 12.6. The summed E-state index contributed by atoms with van der Waals surface area (Å²) in [6, 6.07) is 0. The molecule has 0 aromatic carbocycles. The molecule has 0 bridgehead atoms. The Morgan fingerprint density at radius 2 is 1.76 bits per heavy atom. The molecule has 1 aromatic rings. The van der Waals surface area contributed by atoms with E-state index in [0.717, 1.165) is 12.1 Å². The van der Waals surface area contributed by atoms with Crippen LogP contribution in [0.3, 0.4) is 0 Å².